The van der Waals surface area contributed by atoms with Crippen LogP contribution in [0.25, 0.3) is 0 Å². The molecular weight excluding hydrogens is 249 g/mol. The van der Waals surface area contributed by atoms with Crippen LogP contribution in [-0.2, 0) is 6.18 Å². The number of thiophene rings is 1. The largest absolute Gasteiger partial charge is 0.417 e. The molecule has 1 nitrogen and oxygen atoms in total. The number of aliphatic hydroxyl groups is 1. The van der Waals surface area contributed by atoms with Gasteiger partial charge in [-0.05, 0) is 10.9 Å². The number of alkyl halides is 3. The topological polar surface area (TPSA) is 20.2 Å². The summed E-state index contributed by atoms with van der Waals surface area (Å²) in [5, 5.41) is 12.3. The Labute approximate surface area is 100 Å². The Bertz CT molecular complexity index is 490. The third kappa shape index (κ3) is 2.50. The lowest BCUT2D eigenvalue weighted by atomic mass is 10.0. The highest BCUT2D eigenvalue weighted by atomic mass is 32.1. The molecule has 90 valence electrons. The van der Waals surface area contributed by atoms with Gasteiger partial charge in [0.1, 0.15) is 6.10 Å². The van der Waals surface area contributed by atoms with Gasteiger partial charge in [0.15, 0.2) is 0 Å². The monoisotopic (exact) mass is 258 g/mol. The average molecular weight is 258 g/mol. The third-order valence-corrected chi connectivity index (χ3v) is 3.17. The van der Waals surface area contributed by atoms with Crippen molar-refractivity contribution in [3.8, 4) is 0 Å². The summed E-state index contributed by atoms with van der Waals surface area (Å²) in [7, 11) is 0. The van der Waals surface area contributed by atoms with Crippen LogP contribution in [0, 0.1) is 0 Å². The Morgan fingerprint density at radius 3 is 2.29 bits per heavy atom. The van der Waals surface area contributed by atoms with Crippen molar-refractivity contribution in [2.24, 2.45) is 0 Å². The number of hydrogen-bond donors (Lipinski definition) is 1. The molecule has 1 unspecified atom stereocenters. The fraction of sp³-hybridized carbons (Fsp3) is 0.167. The molecule has 1 N–H and O–H groups in total. The van der Waals surface area contributed by atoms with E-state index in [1.54, 1.807) is 30.3 Å². The van der Waals surface area contributed by atoms with E-state index in [2.05, 4.69) is 0 Å². The first kappa shape index (κ1) is 12.1. The minimum atomic E-state index is -4.43. The first-order valence-corrected chi connectivity index (χ1v) is 5.80. The number of benzene rings is 1. The Balaban J connectivity index is 2.39. The zero-order valence-electron chi connectivity index (χ0n) is 8.61. The average Bonchev–Trinajstić information content (AvgIpc) is 2.78. The molecule has 0 saturated heterocycles. The summed E-state index contributed by atoms with van der Waals surface area (Å²) in [6, 6.07) is 8.30. The molecule has 0 fully saturated rings. The summed E-state index contributed by atoms with van der Waals surface area (Å²) in [5.41, 5.74) is -0.399. The summed E-state index contributed by atoms with van der Waals surface area (Å²) in [5.74, 6) is 0. The van der Waals surface area contributed by atoms with Crippen molar-refractivity contribution in [1.82, 2.24) is 0 Å². The van der Waals surface area contributed by atoms with Gasteiger partial charge in [0.25, 0.3) is 0 Å². The van der Waals surface area contributed by atoms with E-state index >= 15 is 0 Å². The van der Waals surface area contributed by atoms with E-state index < -0.39 is 17.8 Å². The van der Waals surface area contributed by atoms with Gasteiger partial charge < -0.3 is 5.11 Å². The molecule has 0 radical (unpaired) electrons. The zero-order valence-corrected chi connectivity index (χ0v) is 9.42. The van der Waals surface area contributed by atoms with Gasteiger partial charge in [-0.15, -0.1) is 0 Å². The molecule has 0 amide bonds. The normalized spacial score (nSPS) is 13.6. The molecule has 17 heavy (non-hydrogen) atoms. The van der Waals surface area contributed by atoms with E-state index in [0.717, 1.165) is 16.7 Å². The van der Waals surface area contributed by atoms with Crippen LogP contribution in [0.1, 0.15) is 22.8 Å². The van der Waals surface area contributed by atoms with Crippen LogP contribution >= 0.6 is 11.3 Å². The summed E-state index contributed by atoms with van der Waals surface area (Å²) < 4.78 is 38.0. The lowest BCUT2D eigenvalue weighted by molar-refractivity contribution is -0.138. The molecule has 1 atom stereocenters. The van der Waals surface area contributed by atoms with Crippen LogP contribution in [0.15, 0.2) is 41.1 Å². The maximum absolute atomic E-state index is 12.7. The molecule has 1 aromatic heterocycles. The highest BCUT2D eigenvalue weighted by Crippen LogP contribution is 2.38. The summed E-state index contributed by atoms with van der Waals surface area (Å²) in [6.45, 7) is 0. The van der Waals surface area contributed by atoms with Crippen LogP contribution in [0.3, 0.4) is 0 Å². The highest BCUT2D eigenvalue weighted by molar-refractivity contribution is 7.08. The number of hydrogen-bond acceptors (Lipinski definition) is 2. The fourth-order valence-electron chi connectivity index (χ4n) is 1.56. The van der Waals surface area contributed by atoms with Crippen LogP contribution in [0.5, 0.6) is 0 Å². The van der Waals surface area contributed by atoms with Gasteiger partial charge in [-0.2, -0.15) is 24.5 Å². The molecular formula is C12H9F3OS. The molecule has 0 spiro atoms. The van der Waals surface area contributed by atoms with Crippen molar-refractivity contribution in [3.05, 3.63) is 57.8 Å². The van der Waals surface area contributed by atoms with Crippen molar-refractivity contribution in [1.29, 1.82) is 0 Å². The van der Waals surface area contributed by atoms with Gasteiger partial charge >= 0.3 is 6.18 Å². The summed E-state index contributed by atoms with van der Waals surface area (Å²) in [4.78, 5) is 0. The lowest BCUT2D eigenvalue weighted by Gasteiger charge is -2.14. The molecule has 1 heterocycles. The standard InChI is InChI=1S/C12H9F3OS/c13-12(14,15)10-7-17-6-9(10)11(16)8-4-2-1-3-5-8/h1-7,11,16H. The summed E-state index contributed by atoms with van der Waals surface area (Å²) >= 11 is 0.936. The predicted molar refractivity (Wildman–Crippen MR) is 59.8 cm³/mol. The predicted octanol–water partition coefficient (Wildman–Crippen LogP) is 3.85. The number of aliphatic hydroxyl groups excluding tert-OH is 1. The molecule has 0 aliphatic carbocycles. The van der Waals surface area contributed by atoms with Gasteiger partial charge in [0, 0.05) is 10.9 Å². The Morgan fingerprint density at radius 2 is 1.71 bits per heavy atom. The Hall–Kier alpha value is -1.33. The maximum atomic E-state index is 12.7. The Kier molecular flexibility index (Phi) is 3.22. The van der Waals surface area contributed by atoms with Crippen LogP contribution in [0.2, 0.25) is 0 Å². The minimum absolute atomic E-state index is 0.0892. The van der Waals surface area contributed by atoms with Gasteiger partial charge in [-0.25, -0.2) is 0 Å². The molecule has 2 rings (SSSR count). The van der Waals surface area contributed by atoms with Crippen molar-refractivity contribution in [3.63, 3.8) is 0 Å². The van der Waals surface area contributed by atoms with E-state index in [0.29, 0.717) is 5.56 Å². The Morgan fingerprint density at radius 1 is 1.06 bits per heavy atom. The van der Waals surface area contributed by atoms with Crippen LogP contribution < -0.4 is 0 Å². The SMILES string of the molecule is OC(c1ccccc1)c1cscc1C(F)(F)F. The van der Waals surface area contributed by atoms with Crippen molar-refractivity contribution < 1.29 is 18.3 Å². The molecule has 0 aliphatic heterocycles. The van der Waals surface area contributed by atoms with E-state index in [9.17, 15) is 18.3 Å². The second-order valence-corrected chi connectivity index (χ2v) is 4.30. The lowest BCUT2D eigenvalue weighted by Crippen LogP contribution is -2.10. The van der Waals surface area contributed by atoms with Crippen LogP contribution in [0.4, 0.5) is 13.2 Å². The fourth-order valence-corrected chi connectivity index (χ4v) is 2.44. The maximum Gasteiger partial charge on any atom is 0.417 e. The molecule has 1 aromatic carbocycles. The van der Waals surface area contributed by atoms with E-state index in [-0.39, 0.29) is 5.56 Å². The molecule has 0 aliphatic rings. The zero-order chi connectivity index (χ0) is 12.5. The first-order chi connectivity index (χ1) is 8.00. The first-order valence-electron chi connectivity index (χ1n) is 4.86. The molecule has 0 saturated carbocycles. The number of halogens is 3. The molecule has 5 heteroatoms. The van der Waals surface area contributed by atoms with Gasteiger partial charge in [-0.1, -0.05) is 30.3 Å². The second-order valence-electron chi connectivity index (χ2n) is 3.55. The second kappa shape index (κ2) is 4.50. The van der Waals surface area contributed by atoms with Crippen LogP contribution in [-0.4, -0.2) is 5.11 Å². The van der Waals surface area contributed by atoms with Gasteiger partial charge in [-0.3, -0.25) is 0 Å². The van der Waals surface area contributed by atoms with Crippen molar-refractivity contribution >= 4 is 11.3 Å². The minimum Gasteiger partial charge on any atom is -0.384 e. The van der Waals surface area contributed by atoms with Gasteiger partial charge in [0.2, 0.25) is 0 Å². The third-order valence-electron chi connectivity index (χ3n) is 2.41. The number of rotatable bonds is 2. The molecule has 0 bridgehead atoms. The smallest absolute Gasteiger partial charge is 0.384 e. The van der Waals surface area contributed by atoms with E-state index in [1.165, 1.54) is 5.38 Å². The van der Waals surface area contributed by atoms with E-state index in [1.807, 2.05) is 0 Å². The van der Waals surface area contributed by atoms with E-state index in [4.69, 9.17) is 0 Å². The van der Waals surface area contributed by atoms with Crippen molar-refractivity contribution in [2.75, 3.05) is 0 Å². The van der Waals surface area contributed by atoms with Crippen molar-refractivity contribution in [2.45, 2.75) is 12.3 Å². The van der Waals surface area contributed by atoms with Gasteiger partial charge in [0.05, 0.1) is 5.56 Å². The quantitative estimate of drug-likeness (QED) is 0.867. The summed E-state index contributed by atoms with van der Waals surface area (Å²) in [6.07, 6.45) is -5.66. The molecule has 2 aromatic rings. The highest BCUT2D eigenvalue weighted by Gasteiger charge is 2.35.